The van der Waals surface area contributed by atoms with Crippen molar-refractivity contribution in [1.29, 1.82) is 0 Å². The highest BCUT2D eigenvalue weighted by Crippen LogP contribution is 2.27. The number of amides is 1. The predicted octanol–water partition coefficient (Wildman–Crippen LogP) is 2.33. The summed E-state index contributed by atoms with van der Waals surface area (Å²) in [6.07, 6.45) is 1.98. The Morgan fingerprint density at radius 3 is 3.00 bits per heavy atom. The van der Waals surface area contributed by atoms with Crippen LogP contribution in [0.3, 0.4) is 0 Å². The zero-order valence-corrected chi connectivity index (χ0v) is 14.6. The van der Waals surface area contributed by atoms with E-state index in [1.165, 1.54) is 0 Å². The zero-order valence-electron chi connectivity index (χ0n) is 13.8. The normalized spacial score (nSPS) is 10.6. The molecule has 2 aromatic heterocycles. The second-order valence-electron chi connectivity index (χ2n) is 5.14. The van der Waals surface area contributed by atoms with E-state index in [4.69, 9.17) is 9.26 Å². The molecular weight excluding hydrogens is 342 g/mol. The first kappa shape index (κ1) is 17.0. The maximum Gasteiger partial charge on any atom is 0.273 e. The van der Waals surface area contributed by atoms with Crippen LogP contribution in [0.5, 0.6) is 5.75 Å². The van der Waals surface area contributed by atoms with Gasteiger partial charge in [0, 0.05) is 11.0 Å². The van der Waals surface area contributed by atoms with Crippen molar-refractivity contribution in [3.63, 3.8) is 0 Å². The van der Waals surface area contributed by atoms with Gasteiger partial charge in [0.25, 0.3) is 5.91 Å². The lowest BCUT2D eigenvalue weighted by molar-refractivity contribution is 0.0940. The van der Waals surface area contributed by atoms with E-state index in [0.29, 0.717) is 17.4 Å². The fourth-order valence-corrected chi connectivity index (χ4v) is 2.64. The monoisotopic (exact) mass is 359 g/mol. The Hall–Kier alpha value is -2.81. The van der Waals surface area contributed by atoms with E-state index in [1.807, 2.05) is 30.5 Å². The Kier molecular flexibility index (Phi) is 5.34. The third-order valence-electron chi connectivity index (χ3n) is 3.28. The second kappa shape index (κ2) is 7.84. The summed E-state index contributed by atoms with van der Waals surface area (Å²) in [5.74, 6) is 2.07. The largest absolute Gasteiger partial charge is 0.484 e. The summed E-state index contributed by atoms with van der Waals surface area (Å²) in [6, 6.07) is 9.27. The van der Waals surface area contributed by atoms with Crippen molar-refractivity contribution in [3.05, 3.63) is 53.4 Å². The van der Waals surface area contributed by atoms with Crippen LogP contribution in [0.25, 0.3) is 0 Å². The molecule has 0 saturated heterocycles. The van der Waals surface area contributed by atoms with Gasteiger partial charge in [0.05, 0.1) is 6.54 Å². The third kappa shape index (κ3) is 4.38. The number of aryl methyl sites for hydroxylation is 1. The van der Waals surface area contributed by atoms with Gasteiger partial charge in [-0.05, 0) is 25.3 Å². The van der Waals surface area contributed by atoms with Crippen LogP contribution >= 0.6 is 11.8 Å². The SMILES string of the molecule is CSc1ccccc1OCc1cc(C(=O)NCc2n[nH]c(C)n2)no1. The molecule has 0 aliphatic heterocycles. The first-order chi connectivity index (χ1) is 12.2. The number of H-pyrrole nitrogens is 1. The number of nitrogens with zero attached hydrogens (tertiary/aromatic N) is 3. The molecule has 0 saturated carbocycles. The number of benzene rings is 1. The van der Waals surface area contributed by atoms with Gasteiger partial charge in [0.1, 0.15) is 18.2 Å². The molecule has 2 N–H and O–H groups in total. The number of aromatic nitrogens is 4. The van der Waals surface area contributed by atoms with Gasteiger partial charge in [0.2, 0.25) is 0 Å². The van der Waals surface area contributed by atoms with Gasteiger partial charge in [0.15, 0.2) is 17.3 Å². The molecule has 25 heavy (non-hydrogen) atoms. The number of carbonyl (C=O) groups excluding carboxylic acids is 1. The van der Waals surface area contributed by atoms with E-state index in [2.05, 4.69) is 25.7 Å². The van der Waals surface area contributed by atoms with Crippen molar-refractivity contribution in [2.24, 2.45) is 0 Å². The van der Waals surface area contributed by atoms with Gasteiger partial charge < -0.3 is 14.6 Å². The van der Waals surface area contributed by atoms with Gasteiger partial charge in [-0.2, -0.15) is 5.10 Å². The van der Waals surface area contributed by atoms with E-state index in [1.54, 1.807) is 24.8 Å². The van der Waals surface area contributed by atoms with Crippen LogP contribution in [0, 0.1) is 6.92 Å². The quantitative estimate of drug-likeness (QED) is 0.624. The van der Waals surface area contributed by atoms with Crippen molar-refractivity contribution in [3.8, 4) is 5.75 Å². The minimum atomic E-state index is -0.359. The number of rotatable bonds is 7. The van der Waals surface area contributed by atoms with Crippen molar-refractivity contribution in [2.45, 2.75) is 25.0 Å². The van der Waals surface area contributed by atoms with E-state index in [0.717, 1.165) is 10.6 Å². The lowest BCUT2D eigenvalue weighted by atomic mass is 10.3. The Balaban J connectivity index is 1.55. The smallest absolute Gasteiger partial charge is 0.273 e. The lowest BCUT2D eigenvalue weighted by Gasteiger charge is -2.07. The number of hydrogen-bond acceptors (Lipinski definition) is 7. The molecule has 9 heteroatoms. The van der Waals surface area contributed by atoms with Crippen LogP contribution in [0.1, 0.15) is 27.9 Å². The molecule has 0 spiro atoms. The van der Waals surface area contributed by atoms with Crippen LogP contribution in [0.15, 0.2) is 39.8 Å². The highest BCUT2D eigenvalue weighted by atomic mass is 32.2. The molecule has 0 bridgehead atoms. The molecule has 0 aliphatic rings. The fraction of sp³-hybridized carbons (Fsp3) is 0.250. The molecule has 2 heterocycles. The molecular formula is C16H17N5O3S. The zero-order chi connectivity index (χ0) is 17.6. The van der Waals surface area contributed by atoms with Crippen molar-refractivity contribution in [1.82, 2.24) is 25.7 Å². The third-order valence-corrected chi connectivity index (χ3v) is 4.06. The van der Waals surface area contributed by atoms with Crippen LogP contribution in [-0.4, -0.2) is 32.5 Å². The Morgan fingerprint density at radius 1 is 1.40 bits per heavy atom. The maximum absolute atomic E-state index is 12.1. The number of para-hydroxylation sites is 1. The van der Waals surface area contributed by atoms with Gasteiger partial charge in [-0.1, -0.05) is 17.3 Å². The maximum atomic E-state index is 12.1. The van der Waals surface area contributed by atoms with Gasteiger partial charge >= 0.3 is 0 Å². The van der Waals surface area contributed by atoms with Crippen LogP contribution in [-0.2, 0) is 13.2 Å². The fourth-order valence-electron chi connectivity index (χ4n) is 2.09. The van der Waals surface area contributed by atoms with Gasteiger partial charge in [-0.3, -0.25) is 9.89 Å². The Morgan fingerprint density at radius 2 is 2.24 bits per heavy atom. The van der Waals surface area contributed by atoms with Crippen molar-refractivity contribution >= 4 is 17.7 Å². The van der Waals surface area contributed by atoms with Crippen molar-refractivity contribution < 1.29 is 14.1 Å². The van der Waals surface area contributed by atoms with Crippen LogP contribution in [0.2, 0.25) is 0 Å². The van der Waals surface area contributed by atoms with Crippen molar-refractivity contribution in [2.75, 3.05) is 6.26 Å². The van der Waals surface area contributed by atoms with E-state index < -0.39 is 0 Å². The topological polar surface area (TPSA) is 106 Å². The summed E-state index contributed by atoms with van der Waals surface area (Å²) in [7, 11) is 0. The summed E-state index contributed by atoms with van der Waals surface area (Å²) in [4.78, 5) is 17.2. The summed E-state index contributed by atoms with van der Waals surface area (Å²) >= 11 is 1.60. The Bertz CT molecular complexity index is 861. The molecule has 0 unspecified atom stereocenters. The average molecular weight is 359 g/mol. The standard InChI is InChI=1S/C16H17N5O3S/c1-10-18-15(20-19-10)8-17-16(22)12-7-11(24-21-12)9-23-13-5-3-4-6-14(13)25-2/h3-7H,8-9H2,1-2H3,(H,17,22)(H,18,19,20). The predicted molar refractivity (Wildman–Crippen MR) is 91.3 cm³/mol. The molecule has 0 aliphatic carbocycles. The summed E-state index contributed by atoms with van der Waals surface area (Å²) in [5, 5.41) is 13.1. The Labute approximate surface area is 148 Å². The molecule has 1 aromatic carbocycles. The molecule has 0 fully saturated rings. The highest BCUT2D eigenvalue weighted by Gasteiger charge is 2.14. The van der Waals surface area contributed by atoms with E-state index >= 15 is 0 Å². The average Bonchev–Trinajstić information content (AvgIpc) is 3.27. The molecule has 130 valence electrons. The molecule has 0 radical (unpaired) electrons. The summed E-state index contributed by atoms with van der Waals surface area (Å²) in [6.45, 7) is 2.19. The molecule has 3 rings (SSSR count). The lowest BCUT2D eigenvalue weighted by Crippen LogP contribution is -2.23. The number of ether oxygens (including phenoxy) is 1. The number of aromatic amines is 1. The molecule has 8 nitrogen and oxygen atoms in total. The van der Waals surface area contributed by atoms with Crippen LogP contribution < -0.4 is 10.1 Å². The van der Waals surface area contributed by atoms with Crippen LogP contribution in [0.4, 0.5) is 0 Å². The summed E-state index contributed by atoms with van der Waals surface area (Å²) < 4.78 is 10.9. The number of hydrogen-bond donors (Lipinski definition) is 2. The van der Waals surface area contributed by atoms with Gasteiger partial charge in [-0.15, -0.1) is 11.8 Å². The number of thioether (sulfide) groups is 1. The highest BCUT2D eigenvalue weighted by molar-refractivity contribution is 7.98. The first-order valence-electron chi connectivity index (χ1n) is 7.53. The molecule has 3 aromatic rings. The first-order valence-corrected chi connectivity index (χ1v) is 8.75. The minimum Gasteiger partial charge on any atom is -0.484 e. The number of nitrogens with one attached hydrogen (secondary N) is 2. The second-order valence-corrected chi connectivity index (χ2v) is 5.99. The van der Waals surface area contributed by atoms with E-state index in [9.17, 15) is 4.79 Å². The molecule has 0 atom stereocenters. The minimum absolute atomic E-state index is 0.184. The summed E-state index contributed by atoms with van der Waals surface area (Å²) in [5.41, 5.74) is 0.184. The number of carbonyl (C=O) groups is 1. The molecule has 1 amide bonds. The van der Waals surface area contributed by atoms with E-state index in [-0.39, 0.29) is 24.8 Å². The van der Waals surface area contributed by atoms with Gasteiger partial charge in [-0.25, -0.2) is 4.98 Å².